The van der Waals surface area contributed by atoms with Crippen molar-refractivity contribution in [3.8, 4) is 0 Å². The van der Waals surface area contributed by atoms with E-state index in [1.807, 2.05) is 0 Å². The van der Waals surface area contributed by atoms with Gasteiger partial charge in [-0.3, -0.25) is 0 Å². The van der Waals surface area contributed by atoms with Crippen molar-refractivity contribution in [2.24, 2.45) is 0 Å². The van der Waals surface area contributed by atoms with Gasteiger partial charge in [-0.05, 0) is 0 Å². The first-order valence-corrected chi connectivity index (χ1v) is 5.85. The summed E-state index contributed by atoms with van der Waals surface area (Å²) in [6.45, 7) is 2.44. The summed E-state index contributed by atoms with van der Waals surface area (Å²) in [5, 5.41) is 0. The first-order chi connectivity index (χ1) is 5.12. The first kappa shape index (κ1) is 12.1. The molecule has 1 N–H and O–H groups in total. The van der Waals surface area contributed by atoms with Gasteiger partial charge in [0.1, 0.15) is 0 Å². The average molecular weight is 184 g/mol. The largest absolute Gasteiger partial charge is 0.324 e. The van der Waals surface area contributed by atoms with Gasteiger partial charge in [-0.1, -0.05) is 0 Å². The standard InChI is InChI=1S/C7H13.Na.HO2P/c1-7-5-3-2-4-6-7;;1-3-2/h2-6H2,1H3;;(H,1,2). The van der Waals surface area contributed by atoms with E-state index in [2.05, 4.69) is 6.92 Å². The van der Waals surface area contributed by atoms with Crippen LogP contribution in [0.1, 0.15) is 39.0 Å². The van der Waals surface area contributed by atoms with E-state index in [0.29, 0.717) is 0 Å². The van der Waals surface area contributed by atoms with Crippen LogP contribution in [0.15, 0.2) is 0 Å². The Bertz CT molecular complexity index is 109. The van der Waals surface area contributed by atoms with Crippen LogP contribution in [-0.2, 0) is 4.57 Å². The van der Waals surface area contributed by atoms with E-state index in [0.717, 1.165) is 2.66 Å². The van der Waals surface area contributed by atoms with E-state index in [-0.39, 0.29) is 0 Å². The molecule has 0 atom stereocenters. The maximum Gasteiger partial charge on any atom is 0.324 e. The molecule has 1 fully saturated rings. The Morgan fingerprint density at radius 1 is 1.36 bits per heavy atom. The van der Waals surface area contributed by atoms with Gasteiger partial charge in [0.05, 0.1) is 0 Å². The molecule has 0 spiro atoms. The van der Waals surface area contributed by atoms with E-state index in [1.165, 1.54) is 60.0 Å². The Kier molecular flexibility index (Phi) is 7.19. The minimum Gasteiger partial charge on any atom is -0.310 e. The van der Waals surface area contributed by atoms with Crippen LogP contribution < -0.4 is 0 Å². The minimum atomic E-state index is -0.833. The van der Waals surface area contributed by atoms with Crippen molar-refractivity contribution in [1.29, 1.82) is 0 Å². The van der Waals surface area contributed by atoms with Crippen molar-refractivity contribution in [1.82, 2.24) is 0 Å². The zero-order valence-electron chi connectivity index (χ0n) is 7.34. The van der Waals surface area contributed by atoms with Crippen LogP contribution in [0.25, 0.3) is 0 Å². The molecule has 11 heavy (non-hydrogen) atoms. The predicted octanol–water partition coefficient (Wildman–Crippen LogP) is 2.48. The predicted molar refractivity (Wildman–Crippen MR) is 47.0 cm³/mol. The number of hydrogen-bond donors (Lipinski definition) is 1. The minimum absolute atomic E-state index is 0.818. The summed E-state index contributed by atoms with van der Waals surface area (Å²) in [6.07, 6.45) is 7.52. The van der Waals surface area contributed by atoms with E-state index in [4.69, 9.17) is 9.46 Å². The van der Waals surface area contributed by atoms with Crippen molar-refractivity contribution in [2.45, 2.75) is 41.7 Å². The van der Waals surface area contributed by atoms with Gasteiger partial charge in [0, 0.05) is 0 Å². The molecule has 0 amide bonds. The molecular weight excluding hydrogens is 170 g/mol. The molecule has 2 nitrogen and oxygen atoms in total. The van der Waals surface area contributed by atoms with Crippen LogP contribution in [0.3, 0.4) is 0 Å². The molecule has 4 heteroatoms. The molecular formula is C7H14NaO2P. The fraction of sp³-hybridized carbons (Fsp3) is 1.00. The summed E-state index contributed by atoms with van der Waals surface area (Å²) in [5.74, 6) is 0. The Morgan fingerprint density at radius 3 is 1.91 bits per heavy atom. The molecule has 0 aliphatic heterocycles. The second-order valence-corrected chi connectivity index (χ2v) is 6.38. The quantitative estimate of drug-likeness (QED) is 0.463. The van der Waals surface area contributed by atoms with E-state index >= 15 is 0 Å². The van der Waals surface area contributed by atoms with E-state index < -0.39 is 8.69 Å². The summed E-state index contributed by atoms with van der Waals surface area (Å²) >= 11 is 1.41. The fourth-order valence-electron chi connectivity index (χ4n) is 1.51. The average Bonchev–Trinajstić information content (AvgIpc) is 1.88. The topological polar surface area (TPSA) is 37.3 Å². The van der Waals surface area contributed by atoms with Gasteiger partial charge in [-0.2, -0.15) is 0 Å². The van der Waals surface area contributed by atoms with Crippen molar-refractivity contribution in [2.75, 3.05) is 0 Å². The molecule has 1 aliphatic rings. The van der Waals surface area contributed by atoms with Crippen molar-refractivity contribution in [3.05, 3.63) is 0 Å². The van der Waals surface area contributed by atoms with Crippen molar-refractivity contribution < 1.29 is 9.46 Å². The third-order valence-electron chi connectivity index (χ3n) is 2.21. The number of hydrogen-bond acceptors (Lipinski definition) is 1. The van der Waals surface area contributed by atoms with Gasteiger partial charge >= 0.3 is 78.3 Å². The van der Waals surface area contributed by atoms with Crippen LogP contribution in [-0.4, -0.2) is 32.8 Å². The summed E-state index contributed by atoms with van der Waals surface area (Å²) < 4.78 is 9.28. The molecule has 1 aliphatic carbocycles. The van der Waals surface area contributed by atoms with Gasteiger partial charge in [-0.25, -0.2) is 4.57 Å². The Morgan fingerprint density at radius 2 is 1.73 bits per heavy atom. The molecule has 0 radical (unpaired) electrons. The second kappa shape index (κ2) is 6.56. The smallest absolute Gasteiger partial charge is 0.310 e. The van der Waals surface area contributed by atoms with Gasteiger partial charge in [-0.15, -0.1) is 0 Å². The molecule has 1 saturated carbocycles. The molecule has 0 aromatic carbocycles. The molecule has 0 heterocycles. The van der Waals surface area contributed by atoms with Crippen LogP contribution in [0, 0.1) is 0 Å². The summed E-state index contributed by atoms with van der Waals surface area (Å²) in [5.41, 5.74) is 0. The first-order valence-electron chi connectivity index (χ1n) is 4.09. The Hall–Kier alpha value is 1.06. The summed E-state index contributed by atoms with van der Waals surface area (Å²) in [4.78, 5) is 6.99. The van der Waals surface area contributed by atoms with E-state index in [9.17, 15) is 0 Å². The monoisotopic (exact) mass is 184 g/mol. The van der Waals surface area contributed by atoms with Crippen molar-refractivity contribution in [3.63, 3.8) is 0 Å². The third kappa shape index (κ3) is 7.42. The molecule has 0 bridgehead atoms. The summed E-state index contributed by atoms with van der Waals surface area (Å²) in [6, 6.07) is 0. The third-order valence-corrected chi connectivity index (χ3v) is 3.21. The number of rotatable bonds is 0. The van der Waals surface area contributed by atoms with Crippen LogP contribution in [0.5, 0.6) is 0 Å². The fourth-order valence-corrected chi connectivity index (χ4v) is 2.22. The zero-order chi connectivity index (χ0) is 8.74. The van der Waals surface area contributed by atoms with Gasteiger partial charge in [0.25, 0.3) is 0 Å². The van der Waals surface area contributed by atoms with Crippen LogP contribution >= 0.6 is 8.69 Å². The van der Waals surface area contributed by atoms with Crippen LogP contribution in [0.2, 0.25) is 2.66 Å². The molecule has 0 aromatic heterocycles. The molecule has 0 aromatic rings. The molecule has 0 unspecified atom stereocenters. The molecule has 1 rings (SSSR count). The Balaban J connectivity index is 0.000000292. The maximum absolute atomic E-state index is 8.46. The maximum atomic E-state index is 8.46. The molecule has 60 valence electrons. The van der Waals surface area contributed by atoms with Gasteiger partial charge in [0.2, 0.25) is 0 Å². The second-order valence-electron chi connectivity index (χ2n) is 3.81. The normalized spacial score (nSPS) is 22.2. The van der Waals surface area contributed by atoms with E-state index in [1.54, 1.807) is 0 Å². The molecule has 0 saturated heterocycles. The zero-order valence-corrected chi connectivity index (χ0v) is 10.2. The van der Waals surface area contributed by atoms with Gasteiger partial charge in [0.15, 0.2) is 0 Å². The van der Waals surface area contributed by atoms with Gasteiger partial charge < -0.3 is 4.89 Å². The van der Waals surface area contributed by atoms with Crippen LogP contribution in [0.4, 0.5) is 0 Å². The summed E-state index contributed by atoms with van der Waals surface area (Å²) in [7, 11) is -0.833. The SMILES string of the molecule is C[C]1([Na])CCCCC1.O=PO. The Labute approximate surface area is 87.5 Å². The van der Waals surface area contributed by atoms with Crippen molar-refractivity contribution >= 4 is 36.6 Å².